The van der Waals surface area contributed by atoms with E-state index in [-0.39, 0.29) is 0 Å². The number of fused-ring (bicyclic) bond motifs is 2. The van der Waals surface area contributed by atoms with Crippen LogP contribution in [0.15, 0.2) is 24.8 Å². The monoisotopic (exact) mass is 217 g/mol. The van der Waals surface area contributed by atoms with Crippen LogP contribution in [0.25, 0.3) is 0 Å². The molecule has 2 aliphatic carbocycles. The summed E-state index contributed by atoms with van der Waals surface area (Å²) in [5, 5.41) is 0. The number of rotatable bonds is 3. The summed E-state index contributed by atoms with van der Waals surface area (Å²) in [4.78, 5) is 13.9. The van der Waals surface area contributed by atoms with Crippen molar-refractivity contribution in [1.29, 1.82) is 0 Å². The first-order valence-corrected chi connectivity index (χ1v) is 6.35. The van der Waals surface area contributed by atoms with E-state index in [4.69, 9.17) is 0 Å². The highest BCUT2D eigenvalue weighted by molar-refractivity contribution is 5.79. The van der Waals surface area contributed by atoms with Gasteiger partial charge < -0.3 is 4.90 Å². The number of likely N-dealkylation sites (tertiary alicyclic amines) is 1. The Morgan fingerprint density at radius 1 is 1.44 bits per heavy atom. The van der Waals surface area contributed by atoms with Crippen LogP contribution in [-0.2, 0) is 4.79 Å². The van der Waals surface area contributed by atoms with E-state index in [2.05, 4.69) is 23.6 Å². The molecule has 2 nitrogen and oxygen atoms in total. The Morgan fingerprint density at radius 2 is 2.31 bits per heavy atom. The lowest BCUT2D eigenvalue weighted by atomic mass is 9.93. The fourth-order valence-electron chi connectivity index (χ4n) is 3.52. The number of carbonyl (C=O) groups excluding carboxylic acids is 1. The lowest BCUT2D eigenvalue weighted by Crippen LogP contribution is -2.32. The summed E-state index contributed by atoms with van der Waals surface area (Å²) >= 11 is 0. The summed E-state index contributed by atoms with van der Waals surface area (Å²) < 4.78 is 0. The van der Waals surface area contributed by atoms with Crippen molar-refractivity contribution in [3.05, 3.63) is 24.8 Å². The Bertz CT molecular complexity index is 347. The number of hydrogen-bond donors (Lipinski definition) is 0. The maximum absolute atomic E-state index is 11.8. The Labute approximate surface area is 97.0 Å². The van der Waals surface area contributed by atoms with Gasteiger partial charge >= 0.3 is 0 Å². The molecule has 3 aliphatic rings. The number of amides is 1. The van der Waals surface area contributed by atoms with Crippen molar-refractivity contribution in [1.82, 2.24) is 4.90 Å². The molecule has 2 heteroatoms. The minimum Gasteiger partial charge on any atom is -0.342 e. The highest BCUT2D eigenvalue weighted by Gasteiger charge is 2.38. The van der Waals surface area contributed by atoms with Crippen molar-refractivity contribution in [2.75, 3.05) is 13.1 Å². The van der Waals surface area contributed by atoms with E-state index in [9.17, 15) is 4.79 Å². The summed E-state index contributed by atoms with van der Waals surface area (Å²) in [5.41, 5.74) is 0. The van der Waals surface area contributed by atoms with Crippen LogP contribution >= 0.6 is 0 Å². The van der Waals surface area contributed by atoms with Gasteiger partial charge in [-0.2, -0.15) is 0 Å². The fourth-order valence-corrected chi connectivity index (χ4v) is 3.52. The van der Waals surface area contributed by atoms with Crippen molar-refractivity contribution in [3.8, 4) is 0 Å². The first-order valence-electron chi connectivity index (χ1n) is 6.35. The summed E-state index contributed by atoms with van der Waals surface area (Å²) in [5.74, 6) is 3.00. The Balaban J connectivity index is 1.61. The molecule has 0 spiro atoms. The van der Waals surface area contributed by atoms with Crippen molar-refractivity contribution in [3.63, 3.8) is 0 Å². The van der Waals surface area contributed by atoms with E-state index in [1.807, 2.05) is 6.08 Å². The summed E-state index contributed by atoms with van der Waals surface area (Å²) in [6.07, 6.45) is 9.96. The van der Waals surface area contributed by atoms with Crippen LogP contribution in [0.4, 0.5) is 0 Å². The number of carbonyl (C=O) groups is 1. The van der Waals surface area contributed by atoms with Crippen LogP contribution in [0.1, 0.15) is 19.3 Å². The third-order valence-corrected chi connectivity index (χ3v) is 4.45. The molecule has 4 atom stereocenters. The lowest BCUT2D eigenvalue weighted by Gasteiger charge is -2.25. The molecule has 86 valence electrons. The second-order valence-corrected chi connectivity index (χ2v) is 5.54. The zero-order valence-corrected chi connectivity index (χ0v) is 9.64. The van der Waals surface area contributed by atoms with Gasteiger partial charge in [-0.1, -0.05) is 18.2 Å². The highest BCUT2D eigenvalue weighted by Crippen LogP contribution is 2.44. The predicted octanol–water partition coefficient (Wildman–Crippen LogP) is 2.23. The lowest BCUT2D eigenvalue weighted by molar-refractivity contribution is -0.128. The normalized spacial score (nSPS) is 41.0. The molecule has 1 amide bonds. The minimum atomic E-state index is 0.330. The molecule has 0 aromatic rings. The van der Waals surface area contributed by atoms with Crippen LogP contribution in [0.5, 0.6) is 0 Å². The standard InChI is InChI=1S/C14H19NO/c1-2-10-7-14(16)15(8-10)9-13-6-11-3-4-12(13)5-11/h2-4,10-13H,1,5-9H2. The first-order chi connectivity index (χ1) is 7.76. The topological polar surface area (TPSA) is 20.3 Å². The van der Waals surface area contributed by atoms with E-state index in [0.29, 0.717) is 18.2 Å². The van der Waals surface area contributed by atoms with Crippen molar-refractivity contribution in [2.24, 2.45) is 23.7 Å². The average molecular weight is 217 g/mol. The summed E-state index contributed by atoms with van der Waals surface area (Å²) in [6, 6.07) is 0. The second-order valence-electron chi connectivity index (χ2n) is 5.54. The van der Waals surface area contributed by atoms with E-state index in [1.54, 1.807) is 0 Å². The van der Waals surface area contributed by atoms with Gasteiger partial charge in [-0.15, -0.1) is 6.58 Å². The van der Waals surface area contributed by atoms with Crippen molar-refractivity contribution < 1.29 is 4.79 Å². The van der Waals surface area contributed by atoms with E-state index in [0.717, 1.165) is 30.8 Å². The molecule has 4 unspecified atom stereocenters. The average Bonchev–Trinajstić information content (AvgIpc) is 2.95. The van der Waals surface area contributed by atoms with Gasteiger partial charge in [0.25, 0.3) is 0 Å². The fraction of sp³-hybridized carbons (Fsp3) is 0.643. The molecule has 0 N–H and O–H groups in total. The third kappa shape index (κ3) is 1.60. The van der Waals surface area contributed by atoms with Gasteiger partial charge in [-0.25, -0.2) is 0 Å². The molecule has 1 heterocycles. The highest BCUT2D eigenvalue weighted by atomic mass is 16.2. The largest absolute Gasteiger partial charge is 0.342 e. The minimum absolute atomic E-state index is 0.330. The zero-order chi connectivity index (χ0) is 11.1. The van der Waals surface area contributed by atoms with Crippen LogP contribution in [0.3, 0.4) is 0 Å². The molecule has 0 radical (unpaired) electrons. The molecule has 2 bridgehead atoms. The van der Waals surface area contributed by atoms with E-state index in [1.165, 1.54) is 12.8 Å². The molecule has 0 aromatic heterocycles. The molecule has 0 aromatic carbocycles. The number of allylic oxidation sites excluding steroid dienone is 2. The molecule has 16 heavy (non-hydrogen) atoms. The molecule has 2 fully saturated rings. The van der Waals surface area contributed by atoms with Crippen LogP contribution < -0.4 is 0 Å². The van der Waals surface area contributed by atoms with Crippen LogP contribution in [0, 0.1) is 23.7 Å². The second kappa shape index (κ2) is 3.76. The molecular weight excluding hydrogens is 198 g/mol. The molecular formula is C14H19NO. The van der Waals surface area contributed by atoms with Gasteiger partial charge in [0.2, 0.25) is 5.91 Å². The van der Waals surface area contributed by atoms with Crippen molar-refractivity contribution in [2.45, 2.75) is 19.3 Å². The van der Waals surface area contributed by atoms with Gasteiger partial charge in [0.15, 0.2) is 0 Å². The van der Waals surface area contributed by atoms with E-state index < -0.39 is 0 Å². The SMILES string of the molecule is C=CC1CC(=O)N(CC2CC3C=CC2C3)C1. The Morgan fingerprint density at radius 3 is 2.88 bits per heavy atom. The van der Waals surface area contributed by atoms with Gasteiger partial charge in [-0.3, -0.25) is 4.79 Å². The molecule has 3 rings (SSSR count). The molecule has 1 saturated carbocycles. The van der Waals surface area contributed by atoms with Gasteiger partial charge in [0.1, 0.15) is 0 Å². The zero-order valence-electron chi connectivity index (χ0n) is 9.64. The maximum atomic E-state index is 11.8. The van der Waals surface area contributed by atoms with Crippen LogP contribution in [-0.4, -0.2) is 23.9 Å². The van der Waals surface area contributed by atoms with Crippen molar-refractivity contribution >= 4 is 5.91 Å². The predicted molar refractivity (Wildman–Crippen MR) is 63.7 cm³/mol. The first kappa shape index (κ1) is 10.1. The number of hydrogen-bond acceptors (Lipinski definition) is 1. The smallest absolute Gasteiger partial charge is 0.223 e. The summed E-state index contributed by atoms with van der Waals surface area (Å²) in [6.45, 7) is 5.68. The third-order valence-electron chi connectivity index (χ3n) is 4.45. The number of nitrogens with zero attached hydrogens (tertiary/aromatic N) is 1. The Hall–Kier alpha value is -1.05. The maximum Gasteiger partial charge on any atom is 0.223 e. The summed E-state index contributed by atoms with van der Waals surface area (Å²) in [7, 11) is 0. The van der Waals surface area contributed by atoms with Crippen LogP contribution in [0.2, 0.25) is 0 Å². The van der Waals surface area contributed by atoms with Gasteiger partial charge in [0.05, 0.1) is 0 Å². The van der Waals surface area contributed by atoms with E-state index >= 15 is 0 Å². The van der Waals surface area contributed by atoms with Gasteiger partial charge in [0, 0.05) is 25.4 Å². The molecule has 1 aliphatic heterocycles. The molecule has 1 saturated heterocycles. The quantitative estimate of drug-likeness (QED) is 0.664. The Kier molecular flexibility index (Phi) is 2.38. The van der Waals surface area contributed by atoms with Gasteiger partial charge in [-0.05, 0) is 30.6 Å².